The predicted molar refractivity (Wildman–Crippen MR) is 51.7 cm³/mol. The van der Waals surface area contributed by atoms with E-state index in [0.29, 0.717) is 5.56 Å². The summed E-state index contributed by atoms with van der Waals surface area (Å²) in [5.41, 5.74) is 5.30. The summed E-state index contributed by atoms with van der Waals surface area (Å²) >= 11 is 0. The summed E-state index contributed by atoms with van der Waals surface area (Å²) in [6.45, 7) is 1.17. The van der Waals surface area contributed by atoms with E-state index in [4.69, 9.17) is 10.5 Å². The lowest BCUT2D eigenvalue weighted by Crippen LogP contribution is -2.20. The molecule has 0 heterocycles. The number of amides is 1. The van der Waals surface area contributed by atoms with Crippen LogP contribution in [0.3, 0.4) is 0 Å². The van der Waals surface area contributed by atoms with Gasteiger partial charge in [0.1, 0.15) is 11.6 Å². The first-order chi connectivity index (χ1) is 7.00. The van der Waals surface area contributed by atoms with Crippen LogP contribution >= 0.6 is 0 Å². The van der Waals surface area contributed by atoms with Gasteiger partial charge in [0.15, 0.2) is 6.61 Å². The largest absolute Gasteiger partial charge is 0.483 e. The molecule has 1 aromatic rings. The average molecular weight is 213 g/mol. The van der Waals surface area contributed by atoms with Gasteiger partial charge in [0, 0.05) is 11.6 Å². The summed E-state index contributed by atoms with van der Waals surface area (Å²) in [7, 11) is 0. The number of primary amides is 1. The van der Waals surface area contributed by atoms with Crippen LogP contribution in [0, 0.1) is 5.82 Å². The van der Waals surface area contributed by atoms with Crippen molar-refractivity contribution in [2.75, 3.05) is 6.61 Å². The minimum Gasteiger partial charge on any atom is -0.483 e. The molecule has 0 radical (unpaired) electrons. The van der Waals surface area contributed by atoms with Gasteiger partial charge in [-0.25, -0.2) is 4.39 Å². The van der Waals surface area contributed by atoms with Crippen molar-refractivity contribution in [2.45, 2.75) is 13.0 Å². The average Bonchev–Trinajstić information content (AvgIpc) is 2.14. The number of halogens is 1. The Kier molecular flexibility index (Phi) is 3.62. The molecule has 15 heavy (non-hydrogen) atoms. The molecule has 0 saturated carbocycles. The number of aliphatic hydroxyl groups is 1. The van der Waals surface area contributed by atoms with Crippen LogP contribution in [0.15, 0.2) is 18.2 Å². The molecule has 82 valence electrons. The van der Waals surface area contributed by atoms with Crippen LogP contribution in [0.5, 0.6) is 5.75 Å². The second-order valence-electron chi connectivity index (χ2n) is 3.11. The van der Waals surface area contributed by atoms with E-state index in [1.165, 1.54) is 19.1 Å². The molecule has 0 aromatic heterocycles. The van der Waals surface area contributed by atoms with Gasteiger partial charge >= 0.3 is 0 Å². The van der Waals surface area contributed by atoms with Gasteiger partial charge in [-0.05, 0) is 19.1 Å². The fraction of sp³-hybridized carbons (Fsp3) is 0.300. The normalized spacial score (nSPS) is 12.2. The third kappa shape index (κ3) is 3.21. The highest BCUT2D eigenvalue weighted by Crippen LogP contribution is 2.25. The zero-order valence-corrected chi connectivity index (χ0v) is 8.24. The second kappa shape index (κ2) is 4.75. The topological polar surface area (TPSA) is 72.6 Å². The SMILES string of the molecule is C[C@@H](O)c1ccc(F)cc1OCC(N)=O. The van der Waals surface area contributed by atoms with Crippen LogP contribution < -0.4 is 10.5 Å². The predicted octanol–water partition coefficient (Wildman–Crippen LogP) is 0.743. The molecule has 1 amide bonds. The number of hydrogen-bond acceptors (Lipinski definition) is 3. The van der Waals surface area contributed by atoms with Crippen molar-refractivity contribution in [1.82, 2.24) is 0 Å². The maximum absolute atomic E-state index is 12.9. The van der Waals surface area contributed by atoms with Crippen molar-refractivity contribution in [3.63, 3.8) is 0 Å². The molecule has 0 aliphatic carbocycles. The van der Waals surface area contributed by atoms with Gasteiger partial charge in [0.25, 0.3) is 5.91 Å². The number of carbonyl (C=O) groups excluding carboxylic acids is 1. The van der Waals surface area contributed by atoms with E-state index >= 15 is 0 Å². The Labute approximate surface area is 86.5 Å². The van der Waals surface area contributed by atoms with Gasteiger partial charge in [0.2, 0.25) is 0 Å². The lowest BCUT2D eigenvalue weighted by Gasteiger charge is -2.12. The summed E-state index contributed by atoms with van der Waals surface area (Å²) in [5.74, 6) is -1.03. The maximum atomic E-state index is 12.9. The monoisotopic (exact) mass is 213 g/mol. The van der Waals surface area contributed by atoms with E-state index in [1.807, 2.05) is 0 Å². The van der Waals surface area contributed by atoms with E-state index in [9.17, 15) is 14.3 Å². The van der Waals surface area contributed by atoms with E-state index in [2.05, 4.69) is 0 Å². The van der Waals surface area contributed by atoms with Gasteiger partial charge in [-0.3, -0.25) is 4.79 Å². The number of aliphatic hydroxyl groups excluding tert-OH is 1. The Hall–Kier alpha value is -1.62. The molecule has 0 spiro atoms. The zero-order valence-electron chi connectivity index (χ0n) is 8.24. The zero-order chi connectivity index (χ0) is 11.4. The summed E-state index contributed by atoms with van der Waals surface area (Å²) in [6.07, 6.45) is -0.798. The van der Waals surface area contributed by atoms with E-state index < -0.39 is 17.8 Å². The maximum Gasteiger partial charge on any atom is 0.255 e. The molecule has 0 bridgehead atoms. The molecule has 0 aliphatic heterocycles. The fourth-order valence-corrected chi connectivity index (χ4v) is 1.13. The van der Waals surface area contributed by atoms with Crippen LogP contribution in [-0.2, 0) is 4.79 Å². The van der Waals surface area contributed by atoms with Crippen LogP contribution in [0.4, 0.5) is 4.39 Å². The van der Waals surface area contributed by atoms with Crippen molar-refractivity contribution >= 4 is 5.91 Å². The standard InChI is InChI=1S/C10H12FNO3/c1-6(13)8-3-2-7(11)4-9(8)15-5-10(12)14/h2-4,6,13H,5H2,1H3,(H2,12,14)/t6-/m1/s1. The molecule has 0 aliphatic rings. The summed E-state index contributed by atoms with van der Waals surface area (Å²) < 4.78 is 17.8. The van der Waals surface area contributed by atoms with Gasteiger partial charge in [0.05, 0.1) is 6.10 Å². The molecule has 1 rings (SSSR count). The van der Waals surface area contributed by atoms with Crippen molar-refractivity contribution in [3.05, 3.63) is 29.6 Å². The fourth-order valence-electron chi connectivity index (χ4n) is 1.13. The van der Waals surface area contributed by atoms with Gasteiger partial charge < -0.3 is 15.6 Å². The number of nitrogens with two attached hydrogens (primary N) is 1. The summed E-state index contributed by atoms with van der Waals surface area (Å²) in [6, 6.07) is 3.71. The van der Waals surface area contributed by atoms with Crippen LogP contribution in [0.2, 0.25) is 0 Å². The first kappa shape index (κ1) is 11.5. The Morgan fingerprint density at radius 3 is 2.87 bits per heavy atom. The number of carbonyl (C=O) groups is 1. The quantitative estimate of drug-likeness (QED) is 0.774. The van der Waals surface area contributed by atoms with Gasteiger partial charge in [-0.15, -0.1) is 0 Å². The lowest BCUT2D eigenvalue weighted by molar-refractivity contribution is -0.120. The number of ether oxygens (including phenoxy) is 1. The third-order valence-corrected chi connectivity index (χ3v) is 1.80. The van der Waals surface area contributed by atoms with Crippen molar-refractivity contribution in [1.29, 1.82) is 0 Å². The van der Waals surface area contributed by atoms with Crippen molar-refractivity contribution in [3.8, 4) is 5.75 Å². The minimum absolute atomic E-state index is 0.129. The Balaban J connectivity index is 2.91. The minimum atomic E-state index is -0.798. The van der Waals surface area contributed by atoms with Crippen molar-refractivity contribution in [2.24, 2.45) is 5.73 Å². The van der Waals surface area contributed by atoms with E-state index in [-0.39, 0.29) is 12.4 Å². The van der Waals surface area contributed by atoms with E-state index in [0.717, 1.165) is 6.07 Å². The molecular formula is C10H12FNO3. The van der Waals surface area contributed by atoms with E-state index in [1.54, 1.807) is 0 Å². The molecule has 0 unspecified atom stereocenters. The molecule has 5 heteroatoms. The number of benzene rings is 1. The number of hydrogen-bond donors (Lipinski definition) is 2. The summed E-state index contributed by atoms with van der Waals surface area (Å²) in [5, 5.41) is 9.34. The highest BCUT2D eigenvalue weighted by molar-refractivity contribution is 5.75. The third-order valence-electron chi connectivity index (χ3n) is 1.80. The first-order valence-electron chi connectivity index (χ1n) is 4.39. The Morgan fingerprint density at radius 1 is 1.67 bits per heavy atom. The molecule has 1 atom stereocenters. The highest BCUT2D eigenvalue weighted by atomic mass is 19.1. The van der Waals surface area contributed by atoms with Crippen LogP contribution in [-0.4, -0.2) is 17.6 Å². The van der Waals surface area contributed by atoms with Crippen LogP contribution in [0.25, 0.3) is 0 Å². The molecule has 1 aromatic carbocycles. The van der Waals surface area contributed by atoms with Gasteiger partial charge in [-0.2, -0.15) is 0 Å². The molecule has 0 fully saturated rings. The summed E-state index contributed by atoms with van der Waals surface area (Å²) in [4.78, 5) is 10.5. The smallest absolute Gasteiger partial charge is 0.255 e. The van der Waals surface area contributed by atoms with Gasteiger partial charge in [-0.1, -0.05) is 0 Å². The highest BCUT2D eigenvalue weighted by Gasteiger charge is 2.10. The second-order valence-corrected chi connectivity index (χ2v) is 3.11. The Bertz CT molecular complexity index is 366. The lowest BCUT2D eigenvalue weighted by atomic mass is 10.1. The molecular weight excluding hydrogens is 201 g/mol. The molecule has 4 nitrogen and oxygen atoms in total. The molecule has 0 saturated heterocycles. The first-order valence-corrected chi connectivity index (χ1v) is 4.39. The molecule has 3 N–H and O–H groups in total. The Morgan fingerprint density at radius 2 is 2.33 bits per heavy atom. The van der Waals surface area contributed by atoms with Crippen molar-refractivity contribution < 1.29 is 19.0 Å². The van der Waals surface area contributed by atoms with Crippen LogP contribution in [0.1, 0.15) is 18.6 Å². The number of rotatable bonds is 4.